The molecule has 3 rings (SSSR count). The molecule has 2 heterocycles. The number of rotatable bonds is 4. The molecule has 0 aliphatic carbocycles. The summed E-state index contributed by atoms with van der Waals surface area (Å²) >= 11 is 1.11. The zero-order valence-corrected chi connectivity index (χ0v) is 15.8. The molecule has 152 valence electrons. The molecule has 0 spiro atoms. The van der Waals surface area contributed by atoms with Gasteiger partial charge in [-0.3, -0.25) is 0 Å². The Morgan fingerprint density at radius 3 is 1.96 bits per heavy atom. The van der Waals surface area contributed by atoms with Gasteiger partial charge in [-0.05, 0) is 11.4 Å². The third kappa shape index (κ3) is 3.39. The van der Waals surface area contributed by atoms with E-state index in [1.54, 1.807) is 0 Å². The molecule has 0 radical (unpaired) electrons. The number of thiophene rings is 1. The molecule has 1 aliphatic heterocycles. The Balaban J connectivity index is 2.24. The Labute approximate surface area is 161 Å². The molecule has 0 N–H and O–H groups in total. The molecule has 0 saturated carbocycles. The lowest BCUT2D eigenvalue weighted by Gasteiger charge is -2.13. The molecule has 2 aromatic rings. The molecule has 28 heavy (non-hydrogen) atoms. The van der Waals surface area contributed by atoms with Crippen LogP contribution in [-0.2, 0) is 20.2 Å². The summed E-state index contributed by atoms with van der Waals surface area (Å²) in [6.45, 7) is 0. The van der Waals surface area contributed by atoms with E-state index in [2.05, 4.69) is 13.8 Å². The Kier molecular flexibility index (Phi) is 4.78. The van der Waals surface area contributed by atoms with Gasteiger partial charge < -0.3 is 8.37 Å². The van der Waals surface area contributed by atoms with Crippen molar-refractivity contribution < 1.29 is 51.5 Å². The van der Waals surface area contributed by atoms with Crippen molar-refractivity contribution in [3.8, 4) is 11.5 Å². The van der Waals surface area contributed by atoms with Gasteiger partial charge in [0, 0.05) is 5.39 Å². The maximum Gasteiger partial charge on any atom is 0.534 e. The number of alkyl halides is 6. The Morgan fingerprint density at radius 1 is 0.893 bits per heavy atom. The van der Waals surface area contributed by atoms with E-state index in [1.165, 1.54) is 5.38 Å². The van der Waals surface area contributed by atoms with Crippen LogP contribution in [0.15, 0.2) is 16.3 Å². The first-order valence-electron chi connectivity index (χ1n) is 6.50. The molecule has 6 nitrogen and oxygen atoms in total. The normalized spacial score (nSPS) is 14.8. The molecule has 0 unspecified atom stereocenters. The van der Waals surface area contributed by atoms with Crippen LogP contribution in [0.2, 0.25) is 0 Å². The minimum absolute atomic E-state index is 0.362. The monoisotopic (exact) mass is 485 g/mol. The van der Waals surface area contributed by atoms with E-state index in [0.717, 1.165) is 12.1 Å². The van der Waals surface area contributed by atoms with Crippen LogP contribution in [0.4, 0.5) is 26.3 Å². The fraction of sp³-hybridized carbons (Fsp3) is 0.167. The molecular weight excluding hydrogens is 482 g/mol. The molecule has 0 atom stereocenters. The van der Waals surface area contributed by atoms with Crippen molar-refractivity contribution in [2.45, 2.75) is 15.9 Å². The maximum atomic E-state index is 12.7. The highest BCUT2D eigenvalue weighted by molar-refractivity contribution is 8.01. The van der Waals surface area contributed by atoms with Crippen LogP contribution in [0.1, 0.15) is 5.56 Å². The summed E-state index contributed by atoms with van der Waals surface area (Å²) in [5, 5.41) is 3.16. The van der Waals surface area contributed by atoms with Gasteiger partial charge in [-0.1, -0.05) is 0 Å². The van der Waals surface area contributed by atoms with E-state index >= 15 is 0 Å². The van der Waals surface area contributed by atoms with E-state index in [1.807, 2.05) is 0 Å². The zero-order chi connectivity index (χ0) is 21.1. The first kappa shape index (κ1) is 21.0. The number of fused-ring (bicyclic) bond motifs is 2. The average Bonchev–Trinajstić information content (AvgIpc) is 3.17. The highest BCUT2D eigenvalue weighted by Crippen LogP contribution is 2.52. The van der Waals surface area contributed by atoms with Gasteiger partial charge in [0.25, 0.3) is 5.75 Å². The van der Waals surface area contributed by atoms with Gasteiger partial charge in [0.05, 0.1) is 0 Å². The number of halogens is 6. The van der Waals surface area contributed by atoms with Crippen LogP contribution < -0.4 is 8.37 Å². The molecule has 1 aliphatic rings. The smallest absolute Gasteiger partial charge is 0.372 e. The number of hydrogen-bond donors (Lipinski definition) is 0. The summed E-state index contributed by atoms with van der Waals surface area (Å²) in [4.78, 5) is -0.397. The SMILES string of the molecule is O=S(=O)(Oc1c2c(c(OS(=O)(=O)C(F)(F)F)c3sccc13)C=[C+]S2)C(F)(F)F. The molecular formula is C12H3F6O6S4+. The van der Waals surface area contributed by atoms with Crippen LogP contribution >= 0.6 is 23.1 Å². The van der Waals surface area contributed by atoms with Crippen LogP contribution in [-0.4, -0.2) is 27.9 Å². The fourth-order valence-corrected chi connectivity index (χ4v) is 4.76. The van der Waals surface area contributed by atoms with Crippen molar-refractivity contribution in [1.82, 2.24) is 0 Å². The van der Waals surface area contributed by atoms with Gasteiger partial charge in [0.2, 0.25) is 0 Å². The van der Waals surface area contributed by atoms with Crippen molar-refractivity contribution in [3.05, 3.63) is 22.4 Å². The van der Waals surface area contributed by atoms with E-state index in [4.69, 9.17) is 0 Å². The largest absolute Gasteiger partial charge is 0.534 e. The maximum absolute atomic E-state index is 12.7. The standard InChI is InChI=1S/C12H3F6O6S4/c13-11(14,15)27(19,20)23-7-5-1-3-25-9(5)8(6-2-4-26-10(6)7)24-28(21,22)12(16,17)18/h1-3H/q+1. The Hall–Kier alpha value is -1.74. The van der Waals surface area contributed by atoms with Gasteiger partial charge >= 0.3 is 31.3 Å². The van der Waals surface area contributed by atoms with Crippen LogP contribution in [0.5, 0.6) is 11.5 Å². The van der Waals surface area contributed by atoms with Gasteiger partial charge in [-0.25, -0.2) is 0 Å². The van der Waals surface area contributed by atoms with E-state index in [0.29, 0.717) is 23.1 Å². The lowest BCUT2D eigenvalue weighted by molar-refractivity contribution is -0.0505. The predicted molar refractivity (Wildman–Crippen MR) is 86.6 cm³/mol. The van der Waals surface area contributed by atoms with Crippen molar-refractivity contribution in [1.29, 1.82) is 0 Å². The second-order valence-electron chi connectivity index (χ2n) is 4.90. The minimum Gasteiger partial charge on any atom is -0.372 e. The topological polar surface area (TPSA) is 86.7 Å². The van der Waals surface area contributed by atoms with Crippen LogP contribution in [0, 0.1) is 5.41 Å². The number of hydrogen-bond acceptors (Lipinski definition) is 8. The lowest BCUT2D eigenvalue weighted by atomic mass is 10.1. The third-order valence-corrected chi connectivity index (χ3v) is 6.79. The fourth-order valence-electron chi connectivity index (χ4n) is 1.99. The van der Waals surface area contributed by atoms with Gasteiger partial charge in [-0.15, -0.1) is 11.3 Å². The molecule has 0 fully saturated rings. The second-order valence-corrected chi connectivity index (χ2v) is 9.73. The lowest BCUT2D eigenvalue weighted by Crippen LogP contribution is -2.29. The summed E-state index contributed by atoms with van der Waals surface area (Å²) in [6.07, 6.45) is 0.938. The van der Waals surface area contributed by atoms with Crippen molar-refractivity contribution in [2.75, 3.05) is 0 Å². The predicted octanol–water partition coefficient (Wildman–Crippen LogP) is 4.24. The van der Waals surface area contributed by atoms with Gasteiger partial charge in [0.1, 0.15) is 21.9 Å². The molecule has 0 saturated heterocycles. The second kappa shape index (κ2) is 6.38. The minimum atomic E-state index is -6.10. The van der Waals surface area contributed by atoms with E-state index < -0.39 is 53.2 Å². The summed E-state index contributed by atoms with van der Waals surface area (Å²) in [7, 11) is -12.2. The first-order valence-corrected chi connectivity index (χ1v) is 11.0. The summed E-state index contributed by atoms with van der Waals surface area (Å²) < 4.78 is 129. The Morgan fingerprint density at radius 2 is 1.43 bits per heavy atom. The molecule has 0 bridgehead atoms. The van der Waals surface area contributed by atoms with Crippen LogP contribution in [0.3, 0.4) is 0 Å². The number of benzene rings is 1. The molecule has 16 heteroatoms. The summed E-state index contributed by atoms with van der Waals surface area (Å²) in [5.74, 6) is -1.65. The average molecular weight is 485 g/mol. The molecule has 1 aromatic heterocycles. The summed E-state index contributed by atoms with van der Waals surface area (Å²) in [5.41, 5.74) is -11.9. The zero-order valence-electron chi connectivity index (χ0n) is 12.6. The third-order valence-electron chi connectivity index (χ3n) is 3.13. The quantitative estimate of drug-likeness (QED) is 0.277. The highest BCUT2D eigenvalue weighted by Gasteiger charge is 2.52. The molecule has 1 aromatic carbocycles. The molecule has 0 amide bonds. The van der Waals surface area contributed by atoms with Crippen molar-refractivity contribution in [2.24, 2.45) is 0 Å². The van der Waals surface area contributed by atoms with Crippen LogP contribution in [0.25, 0.3) is 16.2 Å². The first-order chi connectivity index (χ1) is 12.7. The van der Waals surface area contributed by atoms with E-state index in [9.17, 15) is 43.2 Å². The van der Waals surface area contributed by atoms with Gasteiger partial charge in [0.15, 0.2) is 22.3 Å². The number of thioether (sulfide) groups is 1. The van der Waals surface area contributed by atoms with Crippen molar-refractivity contribution in [3.63, 3.8) is 0 Å². The summed E-state index contributed by atoms with van der Waals surface area (Å²) in [6, 6.07) is 1.05. The Bertz CT molecular complexity index is 1190. The highest BCUT2D eigenvalue weighted by atomic mass is 32.2. The van der Waals surface area contributed by atoms with E-state index in [-0.39, 0.29) is 10.1 Å². The van der Waals surface area contributed by atoms with Gasteiger partial charge in [-0.2, -0.15) is 43.2 Å². The van der Waals surface area contributed by atoms with Crippen molar-refractivity contribution >= 4 is 59.5 Å².